The van der Waals surface area contributed by atoms with Gasteiger partial charge in [0.05, 0.1) is 0 Å². The van der Waals surface area contributed by atoms with Crippen LogP contribution in [0.15, 0.2) is 24.4 Å². The van der Waals surface area contributed by atoms with Crippen LogP contribution in [0.5, 0.6) is 0 Å². The highest BCUT2D eigenvalue weighted by Crippen LogP contribution is 2.04. The molecule has 17 heavy (non-hydrogen) atoms. The van der Waals surface area contributed by atoms with E-state index in [4.69, 9.17) is 0 Å². The molecular formula is C13H21N3O. The summed E-state index contributed by atoms with van der Waals surface area (Å²) in [7, 11) is 0. The van der Waals surface area contributed by atoms with Gasteiger partial charge in [-0.05, 0) is 25.0 Å². The summed E-state index contributed by atoms with van der Waals surface area (Å²) < 4.78 is 0. The Balaban J connectivity index is 2.52. The zero-order valence-electron chi connectivity index (χ0n) is 10.6. The fourth-order valence-electron chi connectivity index (χ4n) is 1.56. The lowest BCUT2D eigenvalue weighted by atomic mass is 10.3. The molecule has 0 saturated carbocycles. The van der Waals surface area contributed by atoms with E-state index in [0.29, 0.717) is 5.82 Å². The smallest absolute Gasteiger partial charge is 0.323 e. The van der Waals surface area contributed by atoms with Crippen molar-refractivity contribution in [3.63, 3.8) is 0 Å². The lowest BCUT2D eigenvalue weighted by Crippen LogP contribution is -2.36. The van der Waals surface area contributed by atoms with Crippen molar-refractivity contribution >= 4 is 11.8 Å². The molecule has 4 nitrogen and oxygen atoms in total. The van der Waals surface area contributed by atoms with Crippen molar-refractivity contribution in [2.45, 2.75) is 33.1 Å². The molecule has 94 valence electrons. The molecular weight excluding hydrogens is 214 g/mol. The largest absolute Gasteiger partial charge is 0.325 e. The summed E-state index contributed by atoms with van der Waals surface area (Å²) in [4.78, 5) is 17.9. The topological polar surface area (TPSA) is 45.2 Å². The second-order valence-corrected chi connectivity index (χ2v) is 3.99. The molecule has 0 aromatic carbocycles. The van der Waals surface area contributed by atoms with Gasteiger partial charge in [-0.3, -0.25) is 5.32 Å². The van der Waals surface area contributed by atoms with E-state index in [1.54, 1.807) is 12.3 Å². The molecule has 0 aliphatic rings. The maximum Gasteiger partial charge on any atom is 0.323 e. The van der Waals surface area contributed by atoms with E-state index in [0.717, 1.165) is 32.4 Å². The van der Waals surface area contributed by atoms with E-state index in [1.165, 1.54) is 0 Å². The molecule has 1 rings (SSSR count). The molecule has 0 atom stereocenters. The van der Waals surface area contributed by atoms with Crippen molar-refractivity contribution in [3.05, 3.63) is 24.4 Å². The number of nitrogens with one attached hydrogen (secondary N) is 1. The number of hydrogen-bond acceptors (Lipinski definition) is 2. The molecule has 0 radical (unpaired) electrons. The van der Waals surface area contributed by atoms with Gasteiger partial charge in [-0.15, -0.1) is 0 Å². The van der Waals surface area contributed by atoms with Gasteiger partial charge >= 0.3 is 6.03 Å². The molecule has 1 aromatic heterocycles. The molecule has 0 bridgehead atoms. The molecule has 0 fully saturated rings. The van der Waals surface area contributed by atoms with E-state index in [2.05, 4.69) is 24.1 Å². The maximum atomic E-state index is 12.0. The molecule has 0 saturated heterocycles. The SMILES string of the molecule is CCCCN(CCC)C(=O)Nc1ccccn1. The minimum atomic E-state index is -0.0565. The summed E-state index contributed by atoms with van der Waals surface area (Å²) in [6.45, 7) is 5.80. The number of unbranched alkanes of at least 4 members (excludes halogenated alkanes) is 1. The number of carbonyl (C=O) groups excluding carboxylic acids is 1. The first-order valence-corrected chi connectivity index (χ1v) is 6.24. The highest BCUT2D eigenvalue weighted by molar-refractivity contribution is 5.88. The van der Waals surface area contributed by atoms with Crippen LogP contribution in [-0.4, -0.2) is 29.0 Å². The second-order valence-electron chi connectivity index (χ2n) is 3.99. The predicted octanol–water partition coefficient (Wildman–Crippen LogP) is 3.13. The first-order valence-electron chi connectivity index (χ1n) is 6.24. The third-order valence-electron chi connectivity index (χ3n) is 2.46. The quantitative estimate of drug-likeness (QED) is 0.823. The zero-order chi connectivity index (χ0) is 12.5. The van der Waals surface area contributed by atoms with E-state index in [-0.39, 0.29) is 6.03 Å². The van der Waals surface area contributed by atoms with Crippen LogP contribution >= 0.6 is 0 Å². The average molecular weight is 235 g/mol. The van der Waals surface area contributed by atoms with Crippen LogP contribution in [0, 0.1) is 0 Å². The molecule has 1 heterocycles. The van der Waals surface area contributed by atoms with Crippen molar-refractivity contribution in [1.29, 1.82) is 0 Å². The Bertz CT molecular complexity index is 327. The average Bonchev–Trinajstić information content (AvgIpc) is 2.35. The lowest BCUT2D eigenvalue weighted by molar-refractivity contribution is 0.210. The van der Waals surface area contributed by atoms with Gasteiger partial charge in [-0.25, -0.2) is 9.78 Å². The van der Waals surface area contributed by atoms with Gasteiger partial charge in [0.2, 0.25) is 0 Å². The number of carbonyl (C=O) groups is 1. The third-order valence-corrected chi connectivity index (χ3v) is 2.46. The van der Waals surface area contributed by atoms with Crippen molar-refractivity contribution in [1.82, 2.24) is 9.88 Å². The Morgan fingerprint density at radius 3 is 2.71 bits per heavy atom. The Hall–Kier alpha value is -1.58. The minimum Gasteiger partial charge on any atom is -0.325 e. The number of nitrogens with zero attached hydrogens (tertiary/aromatic N) is 2. The monoisotopic (exact) mass is 235 g/mol. The van der Waals surface area contributed by atoms with Gasteiger partial charge in [-0.1, -0.05) is 26.3 Å². The Morgan fingerprint density at radius 2 is 2.12 bits per heavy atom. The van der Waals surface area contributed by atoms with Crippen LogP contribution in [0.4, 0.5) is 10.6 Å². The summed E-state index contributed by atoms with van der Waals surface area (Å²) in [5.41, 5.74) is 0. The van der Waals surface area contributed by atoms with Crippen LogP contribution in [0.2, 0.25) is 0 Å². The normalized spacial score (nSPS) is 10.0. The molecule has 0 aliphatic heterocycles. The van der Waals surface area contributed by atoms with E-state index in [9.17, 15) is 4.79 Å². The number of hydrogen-bond donors (Lipinski definition) is 1. The number of anilines is 1. The van der Waals surface area contributed by atoms with Gasteiger partial charge < -0.3 is 4.90 Å². The van der Waals surface area contributed by atoms with Crippen molar-refractivity contribution in [2.24, 2.45) is 0 Å². The molecule has 2 amide bonds. The van der Waals surface area contributed by atoms with E-state index < -0.39 is 0 Å². The Morgan fingerprint density at radius 1 is 1.29 bits per heavy atom. The van der Waals surface area contributed by atoms with Gasteiger partial charge in [-0.2, -0.15) is 0 Å². The van der Waals surface area contributed by atoms with Gasteiger partial charge in [0, 0.05) is 19.3 Å². The molecule has 4 heteroatoms. The summed E-state index contributed by atoms with van der Waals surface area (Å²) in [5, 5.41) is 2.81. The summed E-state index contributed by atoms with van der Waals surface area (Å²) in [6, 6.07) is 5.43. The lowest BCUT2D eigenvalue weighted by Gasteiger charge is -2.21. The standard InChI is InChI=1S/C13H21N3O/c1-3-5-11-16(10-4-2)13(17)15-12-8-6-7-9-14-12/h6-9H,3-5,10-11H2,1-2H3,(H,14,15,17). The highest BCUT2D eigenvalue weighted by atomic mass is 16.2. The second kappa shape index (κ2) is 7.65. The number of rotatable bonds is 6. The Kier molecular flexibility index (Phi) is 6.07. The van der Waals surface area contributed by atoms with E-state index >= 15 is 0 Å². The maximum absolute atomic E-state index is 12.0. The first-order chi connectivity index (χ1) is 8.27. The number of pyridine rings is 1. The summed E-state index contributed by atoms with van der Waals surface area (Å²) >= 11 is 0. The van der Waals surface area contributed by atoms with Crippen LogP contribution in [-0.2, 0) is 0 Å². The van der Waals surface area contributed by atoms with Crippen molar-refractivity contribution < 1.29 is 4.79 Å². The first kappa shape index (κ1) is 13.5. The highest BCUT2D eigenvalue weighted by Gasteiger charge is 2.11. The molecule has 0 aliphatic carbocycles. The fourth-order valence-corrected chi connectivity index (χ4v) is 1.56. The van der Waals surface area contributed by atoms with Crippen molar-refractivity contribution in [2.75, 3.05) is 18.4 Å². The predicted molar refractivity (Wildman–Crippen MR) is 70.0 cm³/mol. The Labute approximate surface area is 103 Å². The molecule has 1 aromatic rings. The fraction of sp³-hybridized carbons (Fsp3) is 0.538. The number of amides is 2. The van der Waals surface area contributed by atoms with Gasteiger partial charge in [0.1, 0.15) is 5.82 Å². The number of urea groups is 1. The summed E-state index contributed by atoms with van der Waals surface area (Å²) in [5.74, 6) is 0.607. The molecule has 0 unspecified atom stereocenters. The van der Waals surface area contributed by atoms with Crippen LogP contribution in [0.25, 0.3) is 0 Å². The third kappa shape index (κ3) is 4.85. The van der Waals surface area contributed by atoms with Gasteiger partial charge in [0.15, 0.2) is 0 Å². The molecule has 0 spiro atoms. The summed E-state index contributed by atoms with van der Waals surface area (Å²) in [6.07, 6.45) is 4.78. The van der Waals surface area contributed by atoms with Crippen molar-refractivity contribution in [3.8, 4) is 0 Å². The van der Waals surface area contributed by atoms with Crippen LogP contribution in [0.3, 0.4) is 0 Å². The number of aromatic nitrogens is 1. The zero-order valence-corrected chi connectivity index (χ0v) is 10.6. The molecule has 1 N–H and O–H groups in total. The van der Waals surface area contributed by atoms with E-state index in [1.807, 2.05) is 17.0 Å². The van der Waals surface area contributed by atoms with Gasteiger partial charge in [0.25, 0.3) is 0 Å². The minimum absolute atomic E-state index is 0.0565. The van der Waals surface area contributed by atoms with Crippen LogP contribution in [0.1, 0.15) is 33.1 Å². The van der Waals surface area contributed by atoms with Crippen LogP contribution < -0.4 is 5.32 Å².